The lowest BCUT2D eigenvalue weighted by Crippen LogP contribution is -2.21. The molecule has 3 rings (SSSR count). The molecule has 1 aliphatic heterocycles. The molecule has 0 aliphatic carbocycles. The van der Waals surface area contributed by atoms with Gasteiger partial charge < -0.3 is 0 Å². The van der Waals surface area contributed by atoms with Crippen LogP contribution in [0.5, 0.6) is 0 Å². The van der Waals surface area contributed by atoms with E-state index in [1.54, 1.807) is 0 Å². The summed E-state index contributed by atoms with van der Waals surface area (Å²) >= 11 is 5.78. The first-order valence-electron chi connectivity index (χ1n) is 5.76. The van der Waals surface area contributed by atoms with Gasteiger partial charge in [-0.15, -0.1) is 0 Å². The van der Waals surface area contributed by atoms with Gasteiger partial charge in [0.05, 0.1) is 0 Å². The van der Waals surface area contributed by atoms with Gasteiger partial charge in [-0.1, -0.05) is 48.0 Å². The molecule has 0 saturated carbocycles. The summed E-state index contributed by atoms with van der Waals surface area (Å²) in [7, 11) is -2.96. The van der Waals surface area contributed by atoms with Crippen LogP contribution in [0.25, 0.3) is 10.8 Å². The maximum Gasteiger partial charge on any atom is 0.264 e. The van der Waals surface area contributed by atoms with Crippen molar-refractivity contribution in [1.82, 2.24) is 0 Å². The predicted molar refractivity (Wildman–Crippen MR) is 72.5 cm³/mol. The minimum Gasteiger partial charge on any atom is -0.285 e. The molecule has 94 valence electrons. The molecule has 2 unspecified atom stereocenters. The Hall–Kier alpha value is -0.860. The normalized spacial score (nSPS) is 28.4. The van der Waals surface area contributed by atoms with E-state index >= 15 is 0 Å². The summed E-state index contributed by atoms with van der Waals surface area (Å²) in [5, 5.41) is 2.70. The third-order valence-corrected chi connectivity index (χ3v) is 5.64. The Balaban J connectivity index is 2.12. The summed E-state index contributed by atoms with van der Waals surface area (Å²) in [6, 6.07) is 13.5. The van der Waals surface area contributed by atoms with Crippen molar-refractivity contribution in [1.29, 1.82) is 0 Å². The van der Waals surface area contributed by atoms with Gasteiger partial charge in [-0.25, -0.2) is 4.89 Å². The quantitative estimate of drug-likeness (QED) is 0.455. The molecule has 1 aliphatic rings. The fourth-order valence-corrected chi connectivity index (χ4v) is 4.58. The van der Waals surface area contributed by atoms with E-state index in [9.17, 15) is 4.57 Å². The van der Waals surface area contributed by atoms with Gasteiger partial charge in [0, 0.05) is 17.9 Å². The largest absolute Gasteiger partial charge is 0.285 e. The highest BCUT2D eigenvalue weighted by molar-refractivity contribution is 7.67. The van der Waals surface area contributed by atoms with Crippen LogP contribution in [0.2, 0.25) is 0 Å². The van der Waals surface area contributed by atoms with E-state index in [1.165, 1.54) is 0 Å². The van der Waals surface area contributed by atoms with E-state index in [-0.39, 0.29) is 0 Å². The van der Waals surface area contributed by atoms with Crippen molar-refractivity contribution >= 4 is 35.0 Å². The van der Waals surface area contributed by atoms with E-state index in [0.717, 1.165) is 10.8 Å². The first-order chi connectivity index (χ1) is 8.69. The summed E-state index contributed by atoms with van der Waals surface area (Å²) in [6.07, 6.45) is 0.942. The predicted octanol–water partition coefficient (Wildman–Crippen LogP) is 3.66. The molecule has 5 heteroatoms. The Morgan fingerprint density at radius 2 is 1.94 bits per heavy atom. The molecule has 1 saturated heterocycles. The second-order valence-electron chi connectivity index (χ2n) is 4.26. The smallest absolute Gasteiger partial charge is 0.264 e. The maximum absolute atomic E-state index is 12.8. The first kappa shape index (κ1) is 12.2. The molecule has 0 radical (unpaired) electrons. The average molecular weight is 283 g/mol. The summed E-state index contributed by atoms with van der Waals surface area (Å²) in [5.41, 5.74) is -0.512. The number of rotatable bonds is 1. The molecule has 2 atom stereocenters. The lowest BCUT2D eigenvalue weighted by molar-refractivity contribution is -0.227. The van der Waals surface area contributed by atoms with Crippen molar-refractivity contribution in [3.63, 3.8) is 0 Å². The molecule has 18 heavy (non-hydrogen) atoms. The fraction of sp³-hybridized carbons (Fsp3) is 0.231. The topological polar surface area (TPSA) is 35.5 Å². The number of halogens is 1. The Morgan fingerprint density at radius 3 is 2.72 bits per heavy atom. The summed E-state index contributed by atoms with van der Waals surface area (Å²) in [6.45, 7) is 0. The molecular weight excluding hydrogens is 271 g/mol. The molecule has 0 amide bonds. The van der Waals surface area contributed by atoms with Crippen LogP contribution in [0, 0.1) is 0 Å². The Labute approximate surface area is 110 Å². The molecule has 0 spiro atoms. The van der Waals surface area contributed by atoms with Crippen LogP contribution in [-0.2, 0) is 14.1 Å². The van der Waals surface area contributed by atoms with Crippen LogP contribution >= 0.6 is 19.0 Å². The van der Waals surface area contributed by atoms with Crippen molar-refractivity contribution in [3.8, 4) is 0 Å². The van der Waals surface area contributed by atoms with Gasteiger partial charge in [-0.2, -0.15) is 4.67 Å². The highest BCUT2D eigenvalue weighted by atomic mass is 35.5. The zero-order valence-corrected chi connectivity index (χ0v) is 11.2. The van der Waals surface area contributed by atoms with Crippen LogP contribution in [0.15, 0.2) is 42.5 Å². The monoisotopic (exact) mass is 282 g/mol. The molecule has 2 aromatic rings. The number of hydrogen-bond acceptors (Lipinski definition) is 3. The van der Waals surface area contributed by atoms with Gasteiger partial charge in [0.25, 0.3) is 7.37 Å². The highest BCUT2D eigenvalue weighted by Gasteiger charge is 2.35. The van der Waals surface area contributed by atoms with E-state index in [2.05, 4.69) is 0 Å². The van der Waals surface area contributed by atoms with Gasteiger partial charge >= 0.3 is 0 Å². The van der Waals surface area contributed by atoms with Crippen molar-refractivity contribution in [2.45, 2.75) is 12.0 Å². The van der Waals surface area contributed by atoms with E-state index < -0.39 is 12.9 Å². The Kier molecular flexibility index (Phi) is 3.16. The zero-order valence-electron chi connectivity index (χ0n) is 9.58. The van der Waals surface area contributed by atoms with Crippen molar-refractivity contribution in [2.24, 2.45) is 0 Å². The van der Waals surface area contributed by atoms with Gasteiger partial charge in [-0.3, -0.25) is 4.57 Å². The standard InChI is InChI=1S/C13H12ClO3P/c14-13-8-9-18(15,17-16-13)12-7-3-5-10-4-1-2-6-11(10)12/h1-7,13H,8-9H2. The molecule has 1 fully saturated rings. The second kappa shape index (κ2) is 4.67. The SMILES string of the molecule is O=P1(c2cccc3ccccc23)CCC(Cl)OO1. The van der Waals surface area contributed by atoms with Gasteiger partial charge in [0.15, 0.2) is 5.56 Å². The van der Waals surface area contributed by atoms with Crippen LogP contribution in [-0.4, -0.2) is 11.7 Å². The van der Waals surface area contributed by atoms with Crippen molar-refractivity contribution in [3.05, 3.63) is 42.5 Å². The molecule has 0 N–H and O–H groups in total. The molecular formula is C13H12ClO3P. The van der Waals surface area contributed by atoms with E-state index in [4.69, 9.17) is 21.2 Å². The number of hydrogen-bond donors (Lipinski definition) is 0. The van der Waals surface area contributed by atoms with Crippen LogP contribution in [0.3, 0.4) is 0 Å². The minimum atomic E-state index is -2.96. The number of benzene rings is 2. The molecule has 0 aromatic heterocycles. The molecule has 2 aromatic carbocycles. The second-order valence-corrected chi connectivity index (χ2v) is 7.18. The Bertz CT molecular complexity index is 611. The summed E-state index contributed by atoms with van der Waals surface area (Å²) < 4.78 is 17.9. The van der Waals surface area contributed by atoms with Crippen molar-refractivity contribution in [2.75, 3.05) is 6.16 Å². The summed E-state index contributed by atoms with van der Waals surface area (Å²) in [4.78, 5) is 4.90. The molecule has 1 heterocycles. The Morgan fingerprint density at radius 1 is 1.17 bits per heavy atom. The van der Waals surface area contributed by atoms with E-state index in [1.807, 2.05) is 42.5 Å². The molecule has 0 bridgehead atoms. The van der Waals surface area contributed by atoms with Gasteiger partial charge in [0.2, 0.25) is 0 Å². The van der Waals surface area contributed by atoms with Gasteiger partial charge in [0.1, 0.15) is 0 Å². The minimum absolute atomic E-state index is 0.412. The highest BCUT2D eigenvalue weighted by Crippen LogP contribution is 2.51. The lowest BCUT2D eigenvalue weighted by atomic mass is 10.1. The maximum atomic E-state index is 12.8. The third-order valence-electron chi connectivity index (χ3n) is 3.05. The van der Waals surface area contributed by atoms with Crippen LogP contribution in [0.1, 0.15) is 6.42 Å². The first-order valence-corrected chi connectivity index (χ1v) is 8.00. The number of alkyl halides is 1. The zero-order chi connectivity index (χ0) is 12.6. The third kappa shape index (κ3) is 2.08. The molecule has 3 nitrogen and oxygen atoms in total. The van der Waals surface area contributed by atoms with Crippen LogP contribution in [0.4, 0.5) is 0 Å². The average Bonchev–Trinajstić information content (AvgIpc) is 2.42. The van der Waals surface area contributed by atoms with E-state index in [0.29, 0.717) is 17.9 Å². The van der Waals surface area contributed by atoms with Crippen LogP contribution < -0.4 is 5.30 Å². The van der Waals surface area contributed by atoms with Crippen molar-refractivity contribution < 1.29 is 14.1 Å². The summed E-state index contributed by atoms with van der Waals surface area (Å²) in [5.74, 6) is 0. The number of fused-ring (bicyclic) bond motifs is 1. The fourth-order valence-electron chi connectivity index (χ4n) is 2.14. The van der Waals surface area contributed by atoms with Gasteiger partial charge in [-0.05, 0) is 16.8 Å². The lowest BCUT2D eigenvalue weighted by Gasteiger charge is -2.25.